The summed E-state index contributed by atoms with van der Waals surface area (Å²) >= 11 is 0. The maximum atomic E-state index is 13.1. The van der Waals surface area contributed by atoms with Crippen LogP contribution in [-0.4, -0.2) is 65.8 Å². The molecule has 0 saturated carbocycles. The normalized spacial score (nSPS) is 25.7. The molecule has 2 fully saturated rings. The van der Waals surface area contributed by atoms with E-state index in [9.17, 15) is 27.6 Å². The van der Waals surface area contributed by atoms with Gasteiger partial charge in [-0.2, -0.15) is 0 Å². The Morgan fingerprint density at radius 3 is 2.38 bits per heavy atom. The Labute approximate surface area is 184 Å². The van der Waals surface area contributed by atoms with Crippen molar-refractivity contribution in [1.82, 2.24) is 10.2 Å². The molecule has 1 unspecified atom stereocenters. The van der Waals surface area contributed by atoms with Crippen molar-refractivity contribution in [3.05, 3.63) is 35.9 Å². The summed E-state index contributed by atoms with van der Waals surface area (Å²) in [5, 5.41) is 0.826. The van der Waals surface area contributed by atoms with Crippen molar-refractivity contribution in [3.8, 4) is 0 Å². The van der Waals surface area contributed by atoms with E-state index in [2.05, 4.69) is 5.32 Å². The third kappa shape index (κ3) is 4.01. The number of hydrogen-bond acceptors (Lipinski definition) is 9. The van der Waals surface area contributed by atoms with Crippen LogP contribution >= 0.6 is 0 Å². The SMILES string of the molecule is CC(=O)OC(C)OC(=O)[C@@H]1N2C(=O)[C@@H](NC(=O)OCc3ccccc3)[C@H]2S(=O)(=O)C1(C)C. The maximum Gasteiger partial charge on any atom is 0.408 e. The fourth-order valence-corrected chi connectivity index (χ4v) is 6.01. The Morgan fingerprint density at radius 2 is 1.78 bits per heavy atom. The van der Waals surface area contributed by atoms with Crippen LogP contribution in [0.3, 0.4) is 0 Å². The molecule has 0 bridgehead atoms. The summed E-state index contributed by atoms with van der Waals surface area (Å²) in [5.41, 5.74) is 0.712. The molecule has 11 nitrogen and oxygen atoms in total. The van der Waals surface area contributed by atoms with E-state index in [0.29, 0.717) is 5.56 Å². The Morgan fingerprint density at radius 1 is 1.16 bits per heavy atom. The highest BCUT2D eigenvalue weighted by Crippen LogP contribution is 2.46. The van der Waals surface area contributed by atoms with Gasteiger partial charge in [-0.05, 0) is 19.4 Å². The lowest BCUT2D eigenvalue weighted by Crippen LogP contribution is -2.72. The smallest absolute Gasteiger partial charge is 0.408 e. The molecule has 174 valence electrons. The second kappa shape index (κ2) is 8.41. The van der Waals surface area contributed by atoms with Crippen molar-refractivity contribution < 1.29 is 41.8 Å². The molecule has 32 heavy (non-hydrogen) atoms. The van der Waals surface area contributed by atoms with Crippen LogP contribution in [0.25, 0.3) is 0 Å². The predicted octanol–water partition coefficient (Wildman–Crippen LogP) is 0.478. The molecule has 0 aliphatic carbocycles. The second-order valence-corrected chi connectivity index (χ2v) is 10.6. The van der Waals surface area contributed by atoms with Gasteiger partial charge in [-0.1, -0.05) is 30.3 Å². The van der Waals surface area contributed by atoms with Crippen molar-refractivity contribution in [2.75, 3.05) is 0 Å². The molecule has 2 aliphatic heterocycles. The van der Waals surface area contributed by atoms with E-state index in [1.54, 1.807) is 30.3 Å². The average molecular weight is 468 g/mol. The van der Waals surface area contributed by atoms with Crippen LogP contribution in [-0.2, 0) is 45.0 Å². The number of carbonyl (C=O) groups is 4. The molecule has 4 atom stereocenters. The highest BCUT2D eigenvalue weighted by molar-refractivity contribution is 7.94. The number of carbonyl (C=O) groups excluding carboxylic acids is 4. The molecule has 0 spiro atoms. The molecule has 3 rings (SSSR count). The zero-order chi connectivity index (χ0) is 23.8. The van der Waals surface area contributed by atoms with Gasteiger partial charge in [0.15, 0.2) is 15.2 Å². The van der Waals surface area contributed by atoms with Crippen LogP contribution < -0.4 is 5.32 Å². The van der Waals surface area contributed by atoms with Gasteiger partial charge < -0.3 is 24.4 Å². The number of sulfone groups is 1. The van der Waals surface area contributed by atoms with Crippen molar-refractivity contribution >= 4 is 33.8 Å². The third-order valence-electron chi connectivity index (χ3n) is 5.39. The number of esters is 2. The zero-order valence-corrected chi connectivity index (χ0v) is 18.7. The van der Waals surface area contributed by atoms with Gasteiger partial charge in [-0.15, -0.1) is 0 Å². The zero-order valence-electron chi connectivity index (χ0n) is 17.9. The molecule has 0 aromatic heterocycles. The van der Waals surface area contributed by atoms with Gasteiger partial charge >= 0.3 is 18.0 Å². The minimum Gasteiger partial charge on any atom is -0.445 e. The minimum absolute atomic E-state index is 0.0663. The molecule has 2 saturated heterocycles. The molecule has 2 amide bonds. The lowest BCUT2D eigenvalue weighted by molar-refractivity contribution is -0.190. The Kier molecular flexibility index (Phi) is 6.18. The van der Waals surface area contributed by atoms with E-state index in [1.807, 2.05) is 0 Å². The Balaban J connectivity index is 1.72. The quantitative estimate of drug-likeness (QED) is 0.358. The summed E-state index contributed by atoms with van der Waals surface area (Å²) in [6.45, 7) is 4.93. The maximum absolute atomic E-state index is 13.1. The summed E-state index contributed by atoms with van der Waals surface area (Å²) in [5.74, 6) is -2.49. The van der Waals surface area contributed by atoms with Crippen LogP contribution in [0.1, 0.15) is 33.3 Å². The van der Waals surface area contributed by atoms with E-state index in [1.165, 1.54) is 20.8 Å². The topological polar surface area (TPSA) is 145 Å². The molecule has 1 aromatic carbocycles. The largest absolute Gasteiger partial charge is 0.445 e. The third-order valence-corrected chi connectivity index (χ3v) is 8.22. The highest BCUT2D eigenvalue weighted by atomic mass is 32.2. The molecule has 1 aromatic rings. The minimum atomic E-state index is -4.09. The van der Waals surface area contributed by atoms with Gasteiger partial charge in [0, 0.05) is 13.8 Å². The van der Waals surface area contributed by atoms with Gasteiger partial charge in [-0.25, -0.2) is 18.0 Å². The summed E-state index contributed by atoms with van der Waals surface area (Å²) < 4.78 is 39.3. The predicted molar refractivity (Wildman–Crippen MR) is 108 cm³/mol. The number of alkyl carbamates (subject to hydrolysis) is 1. The van der Waals surface area contributed by atoms with Crippen LogP contribution in [0.5, 0.6) is 0 Å². The first-order valence-corrected chi connectivity index (χ1v) is 11.3. The van der Waals surface area contributed by atoms with Crippen LogP contribution in [0.4, 0.5) is 4.79 Å². The second-order valence-electron chi connectivity index (χ2n) is 7.98. The van der Waals surface area contributed by atoms with Crippen LogP contribution in [0, 0.1) is 0 Å². The number of β-lactam (4-membered cyclic amide) rings is 1. The van der Waals surface area contributed by atoms with E-state index >= 15 is 0 Å². The molecule has 1 N–H and O–H groups in total. The number of benzene rings is 1. The first-order chi connectivity index (χ1) is 14.9. The number of ether oxygens (including phenoxy) is 3. The molecular formula is C20H24N2O9S. The number of nitrogens with one attached hydrogen (secondary N) is 1. The number of fused-ring (bicyclic) bond motifs is 1. The lowest BCUT2D eigenvalue weighted by atomic mass is 9.96. The van der Waals surface area contributed by atoms with Crippen LogP contribution in [0.2, 0.25) is 0 Å². The van der Waals surface area contributed by atoms with Gasteiger partial charge in [-0.3, -0.25) is 9.59 Å². The Hall–Kier alpha value is -3.15. The van der Waals surface area contributed by atoms with E-state index in [4.69, 9.17) is 14.2 Å². The number of rotatable bonds is 6. The molecule has 2 heterocycles. The highest BCUT2D eigenvalue weighted by Gasteiger charge is 2.73. The summed E-state index contributed by atoms with van der Waals surface area (Å²) in [7, 11) is -4.09. The molecule has 2 aliphatic rings. The first-order valence-electron chi connectivity index (χ1n) is 9.78. The van der Waals surface area contributed by atoms with E-state index in [0.717, 1.165) is 11.8 Å². The summed E-state index contributed by atoms with van der Waals surface area (Å²) in [6, 6.07) is 5.93. The summed E-state index contributed by atoms with van der Waals surface area (Å²) in [6.07, 6.45) is -2.23. The number of nitrogens with zero attached hydrogens (tertiary/aromatic N) is 1. The average Bonchev–Trinajstić information content (AvgIpc) is 2.84. The summed E-state index contributed by atoms with van der Waals surface area (Å²) in [4.78, 5) is 49.4. The monoisotopic (exact) mass is 468 g/mol. The van der Waals surface area contributed by atoms with Gasteiger partial charge in [0.1, 0.15) is 23.4 Å². The standard InChI is InChI=1S/C20H24N2O9S/c1-11(23)30-12(2)31-18(25)15-20(3,4)32(27,28)17-14(16(24)22(15)17)21-19(26)29-10-13-8-6-5-7-9-13/h5-9,12,14-15,17H,10H2,1-4H3,(H,21,26)/t12?,14-,15+,17-/m1/s1. The fourth-order valence-electron chi connectivity index (χ4n) is 3.80. The van der Waals surface area contributed by atoms with Crippen molar-refractivity contribution in [3.63, 3.8) is 0 Å². The van der Waals surface area contributed by atoms with Crippen molar-refractivity contribution in [1.29, 1.82) is 0 Å². The number of hydrogen-bond donors (Lipinski definition) is 1. The molecule has 12 heteroatoms. The van der Waals surface area contributed by atoms with E-state index < -0.39 is 62.3 Å². The first kappa shape index (κ1) is 23.5. The molecular weight excluding hydrogens is 444 g/mol. The number of amides is 2. The van der Waals surface area contributed by atoms with E-state index in [-0.39, 0.29) is 6.61 Å². The van der Waals surface area contributed by atoms with Crippen molar-refractivity contribution in [2.24, 2.45) is 0 Å². The Bertz CT molecular complexity index is 1040. The lowest BCUT2D eigenvalue weighted by Gasteiger charge is -2.42. The van der Waals surface area contributed by atoms with Gasteiger partial charge in [0.05, 0.1) is 0 Å². The van der Waals surface area contributed by atoms with Gasteiger partial charge in [0.25, 0.3) is 0 Å². The van der Waals surface area contributed by atoms with Crippen LogP contribution in [0.15, 0.2) is 30.3 Å². The van der Waals surface area contributed by atoms with Gasteiger partial charge in [0.2, 0.25) is 12.2 Å². The molecule has 0 radical (unpaired) electrons. The fraction of sp³-hybridized carbons (Fsp3) is 0.500. The van der Waals surface area contributed by atoms with Crippen molar-refractivity contribution in [2.45, 2.75) is 62.8 Å².